The van der Waals surface area contributed by atoms with Gasteiger partial charge in [-0.3, -0.25) is 0 Å². The zero-order valence-corrected chi connectivity index (χ0v) is 14.6. The summed E-state index contributed by atoms with van der Waals surface area (Å²) in [5.41, 5.74) is 0.911. The highest BCUT2D eigenvalue weighted by Gasteiger charge is 2.26. The molecule has 1 aromatic heterocycles. The van der Waals surface area contributed by atoms with Crippen LogP contribution in [-0.2, 0) is 10.2 Å². The molecule has 0 aliphatic rings. The molecule has 3 nitrogen and oxygen atoms in total. The highest BCUT2D eigenvalue weighted by atomic mass is 127. The van der Waals surface area contributed by atoms with E-state index in [1.807, 2.05) is 0 Å². The van der Waals surface area contributed by atoms with E-state index in [0.717, 1.165) is 9.26 Å². The van der Waals surface area contributed by atoms with Gasteiger partial charge in [0.15, 0.2) is 5.82 Å². The first kappa shape index (κ1) is 16.1. The topological polar surface area (TPSA) is 35.0 Å². The van der Waals surface area contributed by atoms with Crippen LogP contribution in [0, 0.1) is 9.49 Å². The molecular formula is C13H20ClIN2O. The molecule has 0 amide bonds. The van der Waals surface area contributed by atoms with Gasteiger partial charge in [-0.2, -0.15) is 0 Å². The van der Waals surface area contributed by atoms with Crippen molar-refractivity contribution in [3.05, 3.63) is 20.2 Å². The molecule has 0 aliphatic heterocycles. The molecule has 0 saturated heterocycles. The third-order valence-electron chi connectivity index (χ3n) is 2.65. The summed E-state index contributed by atoms with van der Waals surface area (Å²) in [7, 11) is 1.68. The maximum Gasteiger partial charge on any atom is 0.159 e. The molecule has 0 N–H and O–H groups in total. The van der Waals surface area contributed by atoms with Crippen molar-refractivity contribution in [1.29, 1.82) is 0 Å². The smallest absolute Gasteiger partial charge is 0.159 e. The average molecular weight is 383 g/mol. The molecule has 1 rings (SSSR count). The third kappa shape index (κ3) is 3.54. The van der Waals surface area contributed by atoms with Crippen molar-refractivity contribution in [2.45, 2.75) is 46.1 Å². The van der Waals surface area contributed by atoms with E-state index < -0.39 is 0 Å². The number of ether oxygens (including phenoxy) is 1. The lowest BCUT2D eigenvalue weighted by Crippen LogP contribution is -2.21. The lowest BCUT2D eigenvalue weighted by atomic mass is 9.92. The van der Waals surface area contributed by atoms with Gasteiger partial charge >= 0.3 is 0 Å². The Kier molecular flexibility index (Phi) is 5.38. The number of hydrogen-bond donors (Lipinski definition) is 0. The molecule has 0 saturated carbocycles. The quantitative estimate of drug-likeness (QED) is 0.575. The van der Waals surface area contributed by atoms with Crippen LogP contribution in [0.3, 0.4) is 0 Å². The van der Waals surface area contributed by atoms with Crippen LogP contribution in [0.25, 0.3) is 0 Å². The molecule has 5 heteroatoms. The summed E-state index contributed by atoms with van der Waals surface area (Å²) in [6.07, 6.45) is -0.124. The molecule has 1 aromatic rings. The molecule has 0 aromatic carbocycles. The van der Waals surface area contributed by atoms with E-state index in [-0.39, 0.29) is 11.5 Å². The van der Waals surface area contributed by atoms with E-state index in [1.54, 1.807) is 7.11 Å². The minimum absolute atomic E-state index is 0.0624. The van der Waals surface area contributed by atoms with E-state index >= 15 is 0 Å². The van der Waals surface area contributed by atoms with Crippen molar-refractivity contribution in [2.75, 3.05) is 7.11 Å². The van der Waals surface area contributed by atoms with Crippen molar-refractivity contribution in [1.82, 2.24) is 9.97 Å². The number of methoxy groups -OCH3 is 1. The summed E-state index contributed by atoms with van der Waals surface area (Å²) in [5, 5.41) is 0.508. The van der Waals surface area contributed by atoms with Gasteiger partial charge in [0.1, 0.15) is 11.3 Å². The van der Waals surface area contributed by atoms with Crippen molar-refractivity contribution >= 4 is 34.2 Å². The lowest BCUT2D eigenvalue weighted by molar-refractivity contribution is 0.0570. The molecule has 1 unspecified atom stereocenters. The SMILES string of the molecule is COC(c1nc(Cl)c(I)c(C(C)(C)C)n1)C(C)C. The molecule has 0 fully saturated rings. The Balaban J connectivity index is 3.36. The fraction of sp³-hybridized carbons (Fsp3) is 0.692. The number of halogens is 2. The van der Waals surface area contributed by atoms with Crippen LogP contribution >= 0.6 is 34.2 Å². The molecule has 0 bridgehead atoms. The summed E-state index contributed by atoms with van der Waals surface area (Å²) in [5.74, 6) is 0.974. The minimum Gasteiger partial charge on any atom is -0.373 e. The van der Waals surface area contributed by atoms with Crippen LogP contribution in [-0.4, -0.2) is 17.1 Å². The van der Waals surface area contributed by atoms with Crippen molar-refractivity contribution in [3.63, 3.8) is 0 Å². The van der Waals surface area contributed by atoms with E-state index in [9.17, 15) is 0 Å². The number of rotatable bonds is 3. The predicted octanol–water partition coefficient (Wildman–Crippen LogP) is 4.38. The van der Waals surface area contributed by atoms with Gasteiger partial charge in [0, 0.05) is 12.5 Å². The van der Waals surface area contributed by atoms with Gasteiger partial charge in [-0.1, -0.05) is 46.2 Å². The third-order valence-corrected chi connectivity index (χ3v) is 4.27. The van der Waals surface area contributed by atoms with E-state index in [1.165, 1.54) is 0 Å². The molecule has 102 valence electrons. The Morgan fingerprint density at radius 1 is 1.22 bits per heavy atom. The maximum absolute atomic E-state index is 6.22. The van der Waals surface area contributed by atoms with Crippen LogP contribution in [0.1, 0.15) is 52.2 Å². The summed E-state index contributed by atoms with van der Waals surface area (Å²) in [6, 6.07) is 0. The summed E-state index contributed by atoms with van der Waals surface area (Å²) < 4.78 is 6.39. The van der Waals surface area contributed by atoms with Gasteiger partial charge < -0.3 is 4.74 Å². The fourth-order valence-electron chi connectivity index (χ4n) is 1.74. The van der Waals surface area contributed by atoms with Crippen molar-refractivity contribution in [2.24, 2.45) is 5.92 Å². The molecule has 1 atom stereocenters. The highest BCUT2D eigenvalue weighted by molar-refractivity contribution is 14.1. The Bertz CT molecular complexity index is 430. The van der Waals surface area contributed by atoms with Crippen LogP contribution in [0.15, 0.2) is 0 Å². The van der Waals surface area contributed by atoms with Crippen LogP contribution < -0.4 is 0 Å². The Hall–Kier alpha value is 0.0600. The van der Waals surface area contributed by atoms with Crippen LogP contribution in [0.2, 0.25) is 5.15 Å². The monoisotopic (exact) mass is 382 g/mol. The summed E-state index contributed by atoms with van der Waals surface area (Å²) in [6.45, 7) is 10.5. The normalized spacial score (nSPS) is 14.1. The molecule has 0 aliphatic carbocycles. The van der Waals surface area contributed by atoms with Crippen LogP contribution in [0.5, 0.6) is 0 Å². The largest absolute Gasteiger partial charge is 0.373 e. The van der Waals surface area contributed by atoms with Crippen molar-refractivity contribution < 1.29 is 4.74 Å². The second-order valence-electron chi connectivity index (χ2n) is 5.69. The van der Waals surface area contributed by atoms with E-state index in [2.05, 4.69) is 67.2 Å². The second kappa shape index (κ2) is 6.01. The van der Waals surface area contributed by atoms with Gasteiger partial charge in [-0.15, -0.1) is 0 Å². The van der Waals surface area contributed by atoms with Gasteiger partial charge in [0.2, 0.25) is 0 Å². The maximum atomic E-state index is 6.22. The van der Waals surface area contributed by atoms with Gasteiger partial charge in [0.05, 0.1) is 9.26 Å². The Morgan fingerprint density at radius 2 is 1.78 bits per heavy atom. The first-order valence-corrected chi connectivity index (χ1v) is 7.40. The van der Waals surface area contributed by atoms with E-state index in [0.29, 0.717) is 16.9 Å². The number of hydrogen-bond acceptors (Lipinski definition) is 3. The first-order chi connectivity index (χ1) is 8.18. The van der Waals surface area contributed by atoms with Gasteiger partial charge in [-0.25, -0.2) is 9.97 Å². The summed E-state index contributed by atoms with van der Waals surface area (Å²) >= 11 is 8.42. The number of nitrogens with zero attached hydrogens (tertiary/aromatic N) is 2. The van der Waals surface area contributed by atoms with Gasteiger partial charge in [0.25, 0.3) is 0 Å². The standard InChI is InChI=1S/C13H20ClIN2O/c1-7(2)9(18-6)12-16-10(13(3,4)5)8(15)11(14)17-12/h7,9H,1-6H3. The number of aromatic nitrogens is 2. The zero-order valence-electron chi connectivity index (χ0n) is 11.7. The first-order valence-electron chi connectivity index (χ1n) is 5.94. The molecule has 18 heavy (non-hydrogen) atoms. The fourth-order valence-corrected chi connectivity index (χ4v) is 2.96. The van der Waals surface area contributed by atoms with E-state index in [4.69, 9.17) is 16.3 Å². The lowest BCUT2D eigenvalue weighted by Gasteiger charge is -2.24. The Morgan fingerprint density at radius 3 is 2.17 bits per heavy atom. The zero-order chi connectivity index (χ0) is 14.1. The molecule has 0 radical (unpaired) electrons. The average Bonchev–Trinajstić information content (AvgIpc) is 2.21. The minimum atomic E-state index is -0.124. The molecule has 0 spiro atoms. The summed E-state index contributed by atoms with van der Waals surface area (Å²) in [4.78, 5) is 9.03. The van der Waals surface area contributed by atoms with Crippen LogP contribution in [0.4, 0.5) is 0 Å². The molecule has 1 heterocycles. The highest BCUT2D eigenvalue weighted by Crippen LogP contribution is 2.32. The predicted molar refractivity (Wildman–Crippen MR) is 83.0 cm³/mol. The Labute approximate surface area is 128 Å². The molecular weight excluding hydrogens is 363 g/mol. The second-order valence-corrected chi connectivity index (χ2v) is 7.12. The van der Waals surface area contributed by atoms with Crippen molar-refractivity contribution in [3.8, 4) is 0 Å². The van der Waals surface area contributed by atoms with Gasteiger partial charge in [-0.05, 0) is 28.5 Å².